The Bertz CT molecular complexity index is 314. The normalized spacial score (nSPS) is 18.7. The summed E-state index contributed by atoms with van der Waals surface area (Å²) >= 11 is 0. The summed E-state index contributed by atoms with van der Waals surface area (Å²) in [5.74, 6) is 0. The third-order valence-corrected chi connectivity index (χ3v) is 2.47. The standard InChI is InChI=1S/C11H12NO.W/c13-8-7-10-6-5-9-3-1-2-4-11(9)12-10;/h1-4,10,12H,5-7H2;/q-1;. The first kappa shape index (κ1) is 11.5. The van der Waals surface area contributed by atoms with E-state index in [1.54, 1.807) is 0 Å². The van der Waals surface area contributed by atoms with E-state index in [2.05, 4.69) is 17.4 Å². The van der Waals surface area contributed by atoms with Crippen LogP contribution in [0.2, 0.25) is 0 Å². The molecular weight excluding hydrogens is 346 g/mol. The molecule has 1 aromatic carbocycles. The molecule has 1 aromatic rings. The zero-order chi connectivity index (χ0) is 9.10. The Kier molecular flexibility index (Phi) is 4.34. The Morgan fingerprint density at radius 3 is 3.00 bits per heavy atom. The van der Waals surface area contributed by atoms with Gasteiger partial charge in [-0.15, -0.1) is 6.42 Å². The second-order valence-electron chi connectivity index (χ2n) is 3.39. The van der Waals surface area contributed by atoms with Crippen LogP contribution in [0.3, 0.4) is 0 Å². The average Bonchev–Trinajstić information content (AvgIpc) is 2.18. The molecule has 0 amide bonds. The molecule has 0 radical (unpaired) electrons. The van der Waals surface area contributed by atoms with Crippen LogP contribution in [0.5, 0.6) is 0 Å². The first-order chi connectivity index (χ1) is 6.40. The van der Waals surface area contributed by atoms with Crippen molar-refractivity contribution in [3.63, 3.8) is 0 Å². The second kappa shape index (κ2) is 5.31. The number of rotatable bonds is 2. The van der Waals surface area contributed by atoms with Crippen molar-refractivity contribution >= 4 is 12.0 Å². The molecule has 0 aromatic heterocycles. The molecule has 0 bridgehead atoms. The molecule has 2 rings (SSSR count). The van der Waals surface area contributed by atoms with Gasteiger partial charge in [0, 0.05) is 32.8 Å². The summed E-state index contributed by atoms with van der Waals surface area (Å²) in [6, 6.07) is 8.54. The van der Waals surface area contributed by atoms with Crippen LogP contribution in [0.1, 0.15) is 18.4 Å². The van der Waals surface area contributed by atoms with Gasteiger partial charge in [-0.2, -0.15) is 0 Å². The van der Waals surface area contributed by atoms with E-state index in [-0.39, 0.29) is 27.1 Å². The topological polar surface area (TPSA) is 29.1 Å². The van der Waals surface area contributed by atoms with E-state index in [0.29, 0.717) is 6.42 Å². The summed E-state index contributed by atoms with van der Waals surface area (Å²) in [6.45, 7) is 0. The third-order valence-electron chi connectivity index (χ3n) is 2.47. The Hall–Kier alpha value is -0.622. The van der Waals surface area contributed by atoms with Crippen molar-refractivity contribution < 1.29 is 25.9 Å². The van der Waals surface area contributed by atoms with Crippen LogP contribution in [0.25, 0.3) is 0 Å². The van der Waals surface area contributed by atoms with Crippen LogP contribution in [-0.4, -0.2) is 12.3 Å². The fourth-order valence-electron chi connectivity index (χ4n) is 1.75. The van der Waals surface area contributed by atoms with Gasteiger partial charge in [-0.25, -0.2) is 0 Å². The molecule has 1 unspecified atom stereocenters. The van der Waals surface area contributed by atoms with Crippen molar-refractivity contribution in [1.82, 2.24) is 0 Å². The zero-order valence-electron chi connectivity index (χ0n) is 7.82. The van der Waals surface area contributed by atoms with Gasteiger partial charge in [0.25, 0.3) is 0 Å². The molecule has 1 atom stereocenters. The Morgan fingerprint density at radius 1 is 1.43 bits per heavy atom. The minimum absolute atomic E-state index is 0. The third kappa shape index (κ3) is 2.45. The number of nitrogens with one attached hydrogen (secondary N) is 1. The van der Waals surface area contributed by atoms with Gasteiger partial charge in [0.15, 0.2) is 0 Å². The molecule has 14 heavy (non-hydrogen) atoms. The molecule has 0 saturated carbocycles. The fourth-order valence-corrected chi connectivity index (χ4v) is 1.75. The zero-order valence-corrected chi connectivity index (χ0v) is 10.8. The van der Waals surface area contributed by atoms with E-state index in [1.165, 1.54) is 11.3 Å². The molecule has 1 aliphatic heterocycles. The molecule has 0 fully saturated rings. The van der Waals surface area contributed by atoms with Crippen molar-refractivity contribution in [3.8, 4) is 0 Å². The molecule has 74 valence electrons. The van der Waals surface area contributed by atoms with E-state index in [0.717, 1.165) is 12.8 Å². The minimum Gasteiger partial charge on any atom is -0.542 e. The van der Waals surface area contributed by atoms with Crippen molar-refractivity contribution in [3.05, 3.63) is 29.8 Å². The van der Waals surface area contributed by atoms with E-state index >= 15 is 0 Å². The Labute approximate surface area is 98.3 Å². The van der Waals surface area contributed by atoms with Gasteiger partial charge >= 0.3 is 0 Å². The minimum atomic E-state index is 0. The van der Waals surface area contributed by atoms with Crippen molar-refractivity contribution in [2.75, 3.05) is 5.32 Å². The number of hydrogen-bond acceptors (Lipinski definition) is 2. The van der Waals surface area contributed by atoms with Crippen LogP contribution in [0.15, 0.2) is 24.3 Å². The molecule has 2 nitrogen and oxygen atoms in total. The number of para-hydroxylation sites is 1. The molecule has 1 heterocycles. The first-order valence-corrected chi connectivity index (χ1v) is 4.59. The van der Waals surface area contributed by atoms with Gasteiger partial charge in [-0.1, -0.05) is 18.2 Å². The predicted octanol–water partition coefficient (Wildman–Crippen LogP) is 1.91. The van der Waals surface area contributed by atoms with Gasteiger partial charge in [-0.3, -0.25) is 6.29 Å². The maximum Gasteiger partial charge on any atom is 0.0374 e. The van der Waals surface area contributed by atoms with Gasteiger partial charge in [0.1, 0.15) is 0 Å². The van der Waals surface area contributed by atoms with Crippen LogP contribution < -0.4 is 5.32 Å². The molecule has 0 spiro atoms. The summed E-state index contributed by atoms with van der Waals surface area (Å²) in [7, 11) is 0. The number of carbonyl (C=O) groups excluding carboxylic acids is 1. The first-order valence-electron chi connectivity index (χ1n) is 4.59. The number of hydrogen-bond donors (Lipinski definition) is 1. The molecular formula is C11H12NOW-. The molecule has 3 heteroatoms. The van der Waals surface area contributed by atoms with Crippen LogP contribution >= 0.6 is 0 Å². The van der Waals surface area contributed by atoms with Crippen molar-refractivity contribution in [2.24, 2.45) is 0 Å². The van der Waals surface area contributed by atoms with Crippen molar-refractivity contribution in [1.29, 1.82) is 0 Å². The smallest absolute Gasteiger partial charge is 0.0374 e. The van der Waals surface area contributed by atoms with Crippen LogP contribution in [0.4, 0.5) is 5.69 Å². The Balaban J connectivity index is 0.000000980. The molecule has 0 saturated heterocycles. The number of anilines is 1. The second-order valence-corrected chi connectivity index (χ2v) is 3.39. The fraction of sp³-hybridized carbons (Fsp3) is 0.364. The largest absolute Gasteiger partial charge is 0.542 e. The summed E-state index contributed by atoms with van der Waals surface area (Å²) in [4.78, 5) is 10.2. The summed E-state index contributed by atoms with van der Waals surface area (Å²) in [5, 5.41) is 3.34. The van der Waals surface area contributed by atoms with E-state index in [1.807, 2.05) is 18.4 Å². The number of aryl methyl sites for hydroxylation is 1. The molecule has 1 aliphatic rings. The summed E-state index contributed by atoms with van der Waals surface area (Å²) in [5.41, 5.74) is 2.53. The van der Waals surface area contributed by atoms with E-state index in [9.17, 15) is 4.79 Å². The Morgan fingerprint density at radius 2 is 2.21 bits per heavy atom. The quantitative estimate of drug-likeness (QED) is 0.819. The maximum absolute atomic E-state index is 10.2. The van der Waals surface area contributed by atoms with Crippen LogP contribution in [-0.2, 0) is 32.3 Å². The van der Waals surface area contributed by atoms with Crippen LogP contribution in [0, 0.1) is 0 Å². The van der Waals surface area contributed by atoms with Gasteiger partial charge in [-0.05, 0) is 24.5 Å². The summed E-state index contributed by atoms with van der Waals surface area (Å²) < 4.78 is 0. The monoisotopic (exact) mass is 358 g/mol. The number of benzene rings is 1. The predicted molar refractivity (Wildman–Crippen MR) is 52.5 cm³/mol. The molecule has 1 N–H and O–H groups in total. The SMILES string of the molecule is O=[C-]CC1CCc2ccccc2N1.[W]. The van der Waals surface area contributed by atoms with Gasteiger partial charge in [0.05, 0.1) is 0 Å². The summed E-state index contributed by atoms with van der Waals surface area (Å²) in [6.07, 6.45) is 4.55. The van der Waals surface area contributed by atoms with Gasteiger partial charge < -0.3 is 10.1 Å². The number of fused-ring (bicyclic) bond motifs is 1. The maximum atomic E-state index is 10.2. The van der Waals surface area contributed by atoms with Gasteiger partial charge in [0.2, 0.25) is 0 Å². The van der Waals surface area contributed by atoms with Crippen molar-refractivity contribution in [2.45, 2.75) is 25.3 Å². The van der Waals surface area contributed by atoms with E-state index < -0.39 is 0 Å². The van der Waals surface area contributed by atoms with E-state index in [4.69, 9.17) is 0 Å². The average molecular weight is 358 g/mol. The molecule has 0 aliphatic carbocycles.